The predicted octanol–water partition coefficient (Wildman–Crippen LogP) is 5.37. The Morgan fingerprint density at radius 2 is 1.58 bits per heavy atom. The molecule has 1 amide bonds. The molecule has 0 heterocycles. The third kappa shape index (κ3) is 6.02. The highest BCUT2D eigenvalue weighted by Gasteiger charge is 2.27. The summed E-state index contributed by atoms with van der Waals surface area (Å²) in [5.74, 6) is -0.372. The summed E-state index contributed by atoms with van der Waals surface area (Å²) >= 11 is 0. The monoisotopic (exact) mass is 464 g/mol. The molecule has 0 radical (unpaired) electrons. The van der Waals surface area contributed by atoms with Gasteiger partial charge in [0.2, 0.25) is 5.91 Å². The molecule has 0 saturated heterocycles. The van der Waals surface area contributed by atoms with Crippen LogP contribution in [0.1, 0.15) is 50.4 Å². The summed E-state index contributed by atoms with van der Waals surface area (Å²) in [4.78, 5) is 13.1. The molecule has 33 heavy (non-hydrogen) atoms. The van der Waals surface area contributed by atoms with Gasteiger partial charge in [0.15, 0.2) is 0 Å². The van der Waals surface area contributed by atoms with Crippen molar-refractivity contribution in [3.8, 4) is 0 Å². The second-order valence-corrected chi connectivity index (χ2v) is 11.2. The molecule has 0 aliphatic heterocycles. The molecule has 0 spiro atoms. The summed E-state index contributed by atoms with van der Waals surface area (Å²) < 4.78 is 28.0. The van der Waals surface area contributed by atoms with Crippen molar-refractivity contribution in [2.75, 3.05) is 10.8 Å². The molecule has 1 atom stereocenters. The molecule has 0 bridgehead atoms. The van der Waals surface area contributed by atoms with Gasteiger partial charge in [-0.3, -0.25) is 9.10 Å². The first-order chi connectivity index (χ1) is 15.5. The van der Waals surface area contributed by atoms with Gasteiger partial charge in [0.25, 0.3) is 10.0 Å². The minimum atomic E-state index is -3.92. The van der Waals surface area contributed by atoms with Gasteiger partial charge >= 0.3 is 0 Å². The minimum absolute atomic E-state index is 0.0468. The van der Waals surface area contributed by atoms with E-state index in [-0.39, 0.29) is 28.8 Å². The number of amides is 1. The van der Waals surface area contributed by atoms with E-state index in [0.717, 1.165) is 11.1 Å². The zero-order chi connectivity index (χ0) is 24.2. The third-order valence-electron chi connectivity index (χ3n) is 5.56. The topological polar surface area (TPSA) is 66.5 Å². The van der Waals surface area contributed by atoms with Crippen molar-refractivity contribution in [3.05, 3.63) is 95.6 Å². The van der Waals surface area contributed by atoms with E-state index < -0.39 is 10.0 Å². The van der Waals surface area contributed by atoms with Crippen molar-refractivity contribution in [2.24, 2.45) is 0 Å². The van der Waals surface area contributed by atoms with E-state index in [1.807, 2.05) is 32.0 Å². The molecular formula is C27H32N2O3S. The molecule has 0 unspecified atom stereocenters. The van der Waals surface area contributed by atoms with Gasteiger partial charge in [-0.15, -0.1) is 0 Å². The Labute approximate surface area is 197 Å². The number of nitrogens with zero attached hydrogens (tertiary/aromatic N) is 1. The second-order valence-electron chi connectivity index (χ2n) is 9.32. The van der Waals surface area contributed by atoms with E-state index in [0.29, 0.717) is 5.69 Å². The van der Waals surface area contributed by atoms with Crippen LogP contribution in [-0.4, -0.2) is 20.9 Å². The van der Waals surface area contributed by atoms with Crippen molar-refractivity contribution in [1.82, 2.24) is 5.32 Å². The highest BCUT2D eigenvalue weighted by Crippen LogP contribution is 2.26. The predicted molar refractivity (Wildman–Crippen MR) is 134 cm³/mol. The smallest absolute Gasteiger partial charge is 0.264 e. The molecule has 1 N–H and O–H groups in total. The molecule has 0 saturated carbocycles. The molecule has 3 rings (SSSR count). The number of carbonyl (C=O) groups excluding carboxylic acids is 1. The van der Waals surface area contributed by atoms with Crippen LogP contribution < -0.4 is 9.62 Å². The largest absolute Gasteiger partial charge is 0.348 e. The Bertz CT molecular complexity index is 1200. The maximum atomic E-state index is 13.4. The maximum absolute atomic E-state index is 13.4. The van der Waals surface area contributed by atoms with Crippen LogP contribution in [0.15, 0.2) is 83.8 Å². The molecule has 0 aliphatic rings. The lowest BCUT2D eigenvalue weighted by molar-refractivity contribution is -0.120. The Morgan fingerprint density at radius 1 is 0.939 bits per heavy atom. The number of carbonyl (C=O) groups is 1. The number of nitrogens with one attached hydrogen (secondary N) is 1. The minimum Gasteiger partial charge on any atom is -0.348 e. The van der Waals surface area contributed by atoms with Crippen LogP contribution in [0.4, 0.5) is 5.69 Å². The van der Waals surface area contributed by atoms with Gasteiger partial charge in [-0.2, -0.15) is 0 Å². The van der Waals surface area contributed by atoms with Crippen LogP contribution in [0.2, 0.25) is 0 Å². The van der Waals surface area contributed by atoms with E-state index in [1.54, 1.807) is 36.4 Å². The fraction of sp³-hybridized carbons (Fsp3) is 0.296. The summed E-state index contributed by atoms with van der Waals surface area (Å²) in [7, 11) is -3.92. The summed E-state index contributed by atoms with van der Waals surface area (Å²) in [6.07, 6.45) is 0. The van der Waals surface area contributed by atoms with E-state index in [9.17, 15) is 13.2 Å². The van der Waals surface area contributed by atoms with Crippen LogP contribution in [0.5, 0.6) is 0 Å². The molecule has 3 aromatic rings. The first kappa shape index (κ1) is 24.5. The number of anilines is 1. The number of hydrogen-bond acceptors (Lipinski definition) is 3. The quantitative estimate of drug-likeness (QED) is 0.511. The summed E-state index contributed by atoms with van der Waals surface area (Å²) in [6, 6.07) is 23.2. The summed E-state index contributed by atoms with van der Waals surface area (Å²) in [6.45, 7) is 9.93. The van der Waals surface area contributed by atoms with Crippen LogP contribution >= 0.6 is 0 Å². The van der Waals surface area contributed by atoms with Crippen LogP contribution in [-0.2, 0) is 20.2 Å². The van der Waals surface area contributed by atoms with Crippen molar-refractivity contribution in [1.29, 1.82) is 0 Å². The normalized spacial score (nSPS) is 12.8. The zero-order valence-corrected chi connectivity index (χ0v) is 20.7. The maximum Gasteiger partial charge on any atom is 0.264 e. The van der Waals surface area contributed by atoms with Crippen molar-refractivity contribution in [2.45, 2.75) is 51.0 Å². The van der Waals surface area contributed by atoms with Gasteiger partial charge in [0, 0.05) is 0 Å². The number of aryl methyl sites for hydroxylation is 1. The van der Waals surface area contributed by atoms with Crippen molar-refractivity contribution >= 4 is 21.6 Å². The van der Waals surface area contributed by atoms with Crippen LogP contribution in [0.25, 0.3) is 0 Å². The molecule has 174 valence electrons. The fourth-order valence-electron chi connectivity index (χ4n) is 3.59. The first-order valence-corrected chi connectivity index (χ1v) is 12.5. The molecule has 5 nitrogen and oxygen atoms in total. The lowest BCUT2D eigenvalue weighted by atomic mass is 9.86. The Balaban J connectivity index is 1.83. The van der Waals surface area contributed by atoms with Crippen molar-refractivity contribution < 1.29 is 13.2 Å². The Morgan fingerprint density at radius 3 is 2.15 bits per heavy atom. The lowest BCUT2D eigenvalue weighted by Crippen LogP contribution is -2.41. The van der Waals surface area contributed by atoms with E-state index in [4.69, 9.17) is 0 Å². The standard InChI is InChI=1S/C27H32N2O3S/c1-20-10-9-11-24(18-20)29(33(31,32)25-12-7-6-8-13-25)19-26(30)28-21(2)22-14-16-23(17-15-22)27(3,4)5/h6-18,21H,19H2,1-5H3,(H,28,30)/t21-/m1/s1. The van der Waals surface area contributed by atoms with Gasteiger partial charge in [0.1, 0.15) is 6.54 Å². The van der Waals surface area contributed by atoms with Crippen LogP contribution in [0, 0.1) is 6.92 Å². The first-order valence-electron chi connectivity index (χ1n) is 11.0. The van der Waals surface area contributed by atoms with Gasteiger partial charge < -0.3 is 5.32 Å². The average molecular weight is 465 g/mol. The Kier molecular flexibility index (Phi) is 7.28. The molecule has 6 heteroatoms. The number of sulfonamides is 1. The molecule has 0 aliphatic carbocycles. The number of rotatable bonds is 7. The highest BCUT2D eigenvalue weighted by atomic mass is 32.2. The summed E-state index contributed by atoms with van der Waals surface area (Å²) in [5.41, 5.74) is 3.59. The van der Waals surface area contributed by atoms with Gasteiger partial charge in [-0.05, 0) is 60.2 Å². The van der Waals surface area contributed by atoms with E-state index >= 15 is 0 Å². The molecule has 0 aromatic heterocycles. The number of hydrogen-bond donors (Lipinski definition) is 1. The summed E-state index contributed by atoms with van der Waals surface area (Å²) in [5, 5.41) is 2.95. The second kappa shape index (κ2) is 9.79. The molecular weight excluding hydrogens is 432 g/mol. The average Bonchev–Trinajstić information content (AvgIpc) is 2.77. The third-order valence-corrected chi connectivity index (χ3v) is 7.35. The SMILES string of the molecule is Cc1cccc(N(CC(=O)N[C@H](C)c2ccc(C(C)(C)C)cc2)S(=O)(=O)c2ccccc2)c1. The van der Waals surface area contributed by atoms with E-state index in [2.05, 4.69) is 38.2 Å². The van der Waals surface area contributed by atoms with Crippen LogP contribution in [0.3, 0.4) is 0 Å². The van der Waals surface area contributed by atoms with Gasteiger partial charge in [-0.25, -0.2) is 8.42 Å². The Hall–Kier alpha value is -3.12. The fourth-order valence-corrected chi connectivity index (χ4v) is 5.02. The van der Waals surface area contributed by atoms with Gasteiger partial charge in [0.05, 0.1) is 16.6 Å². The highest BCUT2D eigenvalue weighted by molar-refractivity contribution is 7.92. The van der Waals surface area contributed by atoms with Gasteiger partial charge in [-0.1, -0.05) is 75.4 Å². The zero-order valence-electron chi connectivity index (χ0n) is 19.9. The number of benzene rings is 3. The lowest BCUT2D eigenvalue weighted by Gasteiger charge is -2.25. The van der Waals surface area contributed by atoms with E-state index in [1.165, 1.54) is 22.0 Å². The molecule has 3 aromatic carbocycles. The molecule has 0 fully saturated rings. The van der Waals surface area contributed by atoms with Crippen molar-refractivity contribution in [3.63, 3.8) is 0 Å².